The molecule has 1 aromatic carbocycles. The smallest absolute Gasteiger partial charge is 0.290 e. The summed E-state index contributed by atoms with van der Waals surface area (Å²) in [5.41, 5.74) is 0.986. The number of carbonyl (C=O) groups excluding carboxylic acids is 1. The molecule has 0 aliphatic carbocycles. The summed E-state index contributed by atoms with van der Waals surface area (Å²) in [6.07, 6.45) is 1.44. The lowest BCUT2D eigenvalue weighted by molar-refractivity contribution is 0.0902. The van der Waals surface area contributed by atoms with E-state index in [-0.39, 0.29) is 17.7 Å². The molecule has 1 heterocycles. The van der Waals surface area contributed by atoms with E-state index in [1.54, 1.807) is 0 Å². The van der Waals surface area contributed by atoms with Crippen LogP contribution < -0.4 is 8.38 Å². The van der Waals surface area contributed by atoms with E-state index in [1.807, 2.05) is 54.2 Å². The molecule has 0 saturated heterocycles. The fourth-order valence-corrected chi connectivity index (χ4v) is 1.79. The average molecular weight is 358 g/mol. The summed E-state index contributed by atoms with van der Waals surface area (Å²) in [4.78, 5) is 11.7. The molecule has 6 heteroatoms. The molecule has 1 N–H and O–H groups in total. The van der Waals surface area contributed by atoms with E-state index in [0.717, 1.165) is 11.3 Å². The Morgan fingerprint density at radius 1 is 1.39 bits per heavy atom. The van der Waals surface area contributed by atoms with E-state index in [4.69, 9.17) is 7.59 Å². The molecule has 18 heavy (non-hydrogen) atoms. The van der Waals surface area contributed by atoms with Gasteiger partial charge in [0.05, 0.1) is 12.2 Å². The number of nitrogens with one attached hydrogen (secondary N) is 1. The summed E-state index contributed by atoms with van der Waals surface area (Å²) in [7, 11) is 0. The molecule has 0 bridgehead atoms. The van der Waals surface area contributed by atoms with Gasteiger partial charge in [-0.2, -0.15) is 0 Å². The van der Waals surface area contributed by atoms with Gasteiger partial charge in [0.1, 0.15) is 5.75 Å². The van der Waals surface area contributed by atoms with Crippen molar-refractivity contribution in [2.75, 3.05) is 0 Å². The van der Waals surface area contributed by atoms with Crippen molar-refractivity contribution in [3.63, 3.8) is 0 Å². The fourth-order valence-electron chi connectivity index (χ4n) is 1.49. The summed E-state index contributed by atoms with van der Waals surface area (Å²) in [5.74, 6) is 0.691. The number of halogens is 1. The van der Waals surface area contributed by atoms with Gasteiger partial charge in [0.2, 0.25) is 5.76 Å². The van der Waals surface area contributed by atoms with Crippen LogP contribution in [0, 0.1) is 0 Å². The monoisotopic (exact) mass is 358 g/mol. The Morgan fingerprint density at radius 3 is 2.67 bits per heavy atom. The molecular formula is C12H11IN2O3. The van der Waals surface area contributed by atoms with Crippen molar-refractivity contribution in [3.05, 3.63) is 47.9 Å². The minimum absolute atomic E-state index is 0.120. The maximum atomic E-state index is 11.7. The number of carbonyl (C=O) groups is 1. The molecule has 5 nitrogen and oxygen atoms in total. The SMILES string of the molecule is C[C@H](NC(=O)c1ccno1)c1ccc(OI)cc1. The van der Waals surface area contributed by atoms with Crippen LogP contribution in [0.25, 0.3) is 0 Å². The lowest BCUT2D eigenvalue weighted by Crippen LogP contribution is -2.26. The normalized spacial score (nSPS) is 11.9. The summed E-state index contributed by atoms with van der Waals surface area (Å²) in [5, 5.41) is 6.31. The molecule has 2 rings (SSSR count). The molecule has 0 spiro atoms. The molecule has 94 valence electrons. The lowest BCUT2D eigenvalue weighted by atomic mass is 10.1. The van der Waals surface area contributed by atoms with Crippen LogP contribution in [0.1, 0.15) is 29.1 Å². The van der Waals surface area contributed by atoms with Crippen LogP contribution >= 0.6 is 23.0 Å². The maximum Gasteiger partial charge on any atom is 0.290 e. The second-order valence-corrected chi connectivity index (χ2v) is 4.16. The van der Waals surface area contributed by atoms with Crippen LogP contribution in [0.2, 0.25) is 0 Å². The quantitative estimate of drug-likeness (QED) is 0.854. The predicted molar refractivity (Wildman–Crippen MR) is 73.5 cm³/mol. The highest BCUT2D eigenvalue weighted by molar-refractivity contribution is 14.1. The number of nitrogens with zero attached hydrogens (tertiary/aromatic N) is 1. The molecule has 1 atom stereocenters. The zero-order valence-electron chi connectivity index (χ0n) is 9.59. The van der Waals surface area contributed by atoms with E-state index >= 15 is 0 Å². The van der Waals surface area contributed by atoms with Gasteiger partial charge >= 0.3 is 0 Å². The Labute approximate surface area is 118 Å². The molecule has 0 fully saturated rings. The molecule has 0 unspecified atom stereocenters. The van der Waals surface area contributed by atoms with Crippen molar-refractivity contribution in [2.24, 2.45) is 0 Å². The van der Waals surface area contributed by atoms with Crippen LogP contribution in [-0.2, 0) is 0 Å². The first-order valence-electron chi connectivity index (χ1n) is 5.31. The van der Waals surface area contributed by atoms with Gasteiger partial charge in [0.25, 0.3) is 5.91 Å². The van der Waals surface area contributed by atoms with Crippen LogP contribution in [-0.4, -0.2) is 11.1 Å². The third kappa shape index (κ3) is 3.00. The third-order valence-corrected chi connectivity index (χ3v) is 2.99. The third-order valence-electron chi connectivity index (χ3n) is 2.48. The summed E-state index contributed by atoms with van der Waals surface area (Å²) in [6.45, 7) is 1.90. The van der Waals surface area contributed by atoms with Crippen molar-refractivity contribution in [3.8, 4) is 5.75 Å². The van der Waals surface area contributed by atoms with E-state index < -0.39 is 0 Å². The number of hydrogen-bond donors (Lipinski definition) is 1. The van der Waals surface area contributed by atoms with E-state index in [9.17, 15) is 4.79 Å². The highest BCUT2D eigenvalue weighted by Crippen LogP contribution is 2.19. The predicted octanol–water partition coefficient (Wildman–Crippen LogP) is 2.89. The van der Waals surface area contributed by atoms with E-state index in [2.05, 4.69) is 10.5 Å². The first-order chi connectivity index (χ1) is 8.70. The number of rotatable bonds is 4. The first-order valence-corrected chi connectivity index (χ1v) is 6.19. The van der Waals surface area contributed by atoms with Gasteiger partial charge in [-0.1, -0.05) is 17.3 Å². The molecule has 2 aromatic rings. The van der Waals surface area contributed by atoms with Crippen molar-refractivity contribution in [2.45, 2.75) is 13.0 Å². The van der Waals surface area contributed by atoms with Crippen molar-refractivity contribution >= 4 is 28.9 Å². The Hall–Kier alpha value is -1.57. The Morgan fingerprint density at radius 2 is 2.11 bits per heavy atom. The largest absolute Gasteiger partial charge is 0.428 e. The maximum absolute atomic E-state index is 11.7. The molecule has 0 saturated carbocycles. The van der Waals surface area contributed by atoms with Gasteiger partial charge in [0.15, 0.2) is 23.0 Å². The van der Waals surface area contributed by atoms with Crippen LogP contribution in [0.3, 0.4) is 0 Å². The van der Waals surface area contributed by atoms with Gasteiger partial charge in [0, 0.05) is 6.07 Å². The minimum Gasteiger partial charge on any atom is -0.428 e. The fraction of sp³-hybridized carbons (Fsp3) is 0.167. The van der Waals surface area contributed by atoms with Crippen molar-refractivity contribution < 1.29 is 12.4 Å². The summed E-state index contributed by atoms with van der Waals surface area (Å²) in [6, 6.07) is 8.90. The number of amides is 1. The highest BCUT2D eigenvalue weighted by Gasteiger charge is 2.14. The van der Waals surface area contributed by atoms with E-state index in [0.29, 0.717) is 0 Å². The van der Waals surface area contributed by atoms with Gasteiger partial charge in [-0.05, 0) is 24.6 Å². The van der Waals surface area contributed by atoms with Crippen LogP contribution in [0.5, 0.6) is 5.75 Å². The van der Waals surface area contributed by atoms with Gasteiger partial charge in [-0.15, -0.1) is 0 Å². The second kappa shape index (κ2) is 5.85. The van der Waals surface area contributed by atoms with E-state index in [1.165, 1.54) is 12.3 Å². The van der Waals surface area contributed by atoms with Gasteiger partial charge in [-0.3, -0.25) is 4.79 Å². The molecule has 1 aromatic heterocycles. The Kier molecular flexibility index (Phi) is 4.19. The number of aromatic nitrogens is 1. The lowest BCUT2D eigenvalue weighted by Gasteiger charge is -2.13. The second-order valence-electron chi connectivity index (χ2n) is 3.72. The Balaban J connectivity index is 2.02. The Bertz CT molecular complexity index is 511. The zero-order chi connectivity index (χ0) is 13.0. The van der Waals surface area contributed by atoms with Crippen LogP contribution in [0.15, 0.2) is 41.1 Å². The standard InChI is InChI=1S/C12H11IN2O3/c1-8(9-2-4-10(17-13)5-3-9)15-12(16)11-6-7-14-18-11/h2-8H,1H3,(H,15,16)/t8-/m0/s1. The van der Waals surface area contributed by atoms with Crippen molar-refractivity contribution in [1.82, 2.24) is 10.5 Å². The van der Waals surface area contributed by atoms with Crippen LogP contribution in [0.4, 0.5) is 0 Å². The highest BCUT2D eigenvalue weighted by atomic mass is 127. The molecule has 0 aliphatic heterocycles. The molecule has 1 amide bonds. The first kappa shape index (κ1) is 12.9. The topological polar surface area (TPSA) is 64.4 Å². The van der Waals surface area contributed by atoms with Crippen molar-refractivity contribution in [1.29, 1.82) is 0 Å². The number of benzene rings is 1. The molecular weight excluding hydrogens is 347 g/mol. The van der Waals surface area contributed by atoms with Gasteiger partial charge in [-0.25, -0.2) is 0 Å². The summed E-state index contributed by atoms with van der Waals surface area (Å²) >= 11 is 1.82. The number of hydrogen-bond acceptors (Lipinski definition) is 4. The summed E-state index contributed by atoms with van der Waals surface area (Å²) < 4.78 is 9.83. The molecule has 0 radical (unpaired) electrons. The molecule has 0 aliphatic rings. The minimum atomic E-state index is -0.283. The van der Waals surface area contributed by atoms with Gasteiger partial charge < -0.3 is 12.9 Å². The zero-order valence-corrected chi connectivity index (χ0v) is 11.7. The average Bonchev–Trinajstić information content (AvgIpc) is 2.92.